The standard InChI is InChI=1S/C23H27F3N4O4/c1-2-33-21(32)16-7-11-29(12-8-16)18-6-5-15(14-27-18)13-17(31)19-20(23(24,25)26)28-22(34-19)30-9-3-4-10-30/h5-6,14,16H,2-4,7-13H2,1H3. The summed E-state index contributed by atoms with van der Waals surface area (Å²) in [5, 5.41) is 0. The maximum atomic E-state index is 13.5. The Kier molecular flexibility index (Phi) is 7.08. The lowest BCUT2D eigenvalue weighted by atomic mass is 9.97. The first-order chi connectivity index (χ1) is 16.3. The summed E-state index contributed by atoms with van der Waals surface area (Å²) in [4.78, 5) is 36.2. The summed E-state index contributed by atoms with van der Waals surface area (Å²) in [6, 6.07) is 3.24. The molecular formula is C23H27F3N4O4. The number of Topliss-reactive ketones (excluding diaryl/α,β-unsaturated/α-hetero) is 1. The average molecular weight is 480 g/mol. The van der Waals surface area contributed by atoms with Crippen molar-refractivity contribution in [1.29, 1.82) is 0 Å². The molecule has 0 radical (unpaired) electrons. The number of anilines is 2. The van der Waals surface area contributed by atoms with Gasteiger partial charge in [0.15, 0.2) is 5.69 Å². The summed E-state index contributed by atoms with van der Waals surface area (Å²) in [6.07, 6.45) is -0.593. The molecule has 8 nitrogen and oxygen atoms in total. The van der Waals surface area contributed by atoms with E-state index >= 15 is 0 Å². The third kappa shape index (κ3) is 5.34. The minimum atomic E-state index is -4.79. The van der Waals surface area contributed by atoms with E-state index in [2.05, 4.69) is 9.97 Å². The van der Waals surface area contributed by atoms with Gasteiger partial charge < -0.3 is 19.0 Å². The molecule has 2 fully saturated rings. The highest BCUT2D eigenvalue weighted by Crippen LogP contribution is 2.35. The second-order valence-electron chi connectivity index (χ2n) is 8.50. The Morgan fingerprint density at radius 1 is 1.12 bits per heavy atom. The van der Waals surface area contributed by atoms with Crippen molar-refractivity contribution in [3.63, 3.8) is 0 Å². The van der Waals surface area contributed by atoms with Crippen molar-refractivity contribution in [2.24, 2.45) is 5.92 Å². The van der Waals surface area contributed by atoms with Crippen LogP contribution in [-0.4, -0.2) is 54.5 Å². The lowest BCUT2D eigenvalue weighted by Crippen LogP contribution is -2.37. The minimum Gasteiger partial charge on any atom is -0.466 e. The van der Waals surface area contributed by atoms with E-state index in [0.717, 1.165) is 12.8 Å². The normalized spacial score (nSPS) is 17.3. The number of halogens is 3. The van der Waals surface area contributed by atoms with Crippen LogP contribution < -0.4 is 9.80 Å². The summed E-state index contributed by atoms with van der Waals surface area (Å²) >= 11 is 0. The van der Waals surface area contributed by atoms with Crippen LogP contribution in [-0.2, 0) is 22.1 Å². The van der Waals surface area contributed by atoms with Gasteiger partial charge in [-0.25, -0.2) is 4.98 Å². The smallest absolute Gasteiger partial charge is 0.437 e. The van der Waals surface area contributed by atoms with Crippen LogP contribution in [0.15, 0.2) is 22.7 Å². The highest BCUT2D eigenvalue weighted by Gasteiger charge is 2.42. The van der Waals surface area contributed by atoms with E-state index in [0.29, 0.717) is 57.0 Å². The monoisotopic (exact) mass is 480 g/mol. The summed E-state index contributed by atoms with van der Waals surface area (Å²) in [5.41, 5.74) is -0.809. The van der Waals surface area contributed by atoms with Crippen LogP contribution in [0.1, 0.15) is 54.4 Å². The van der Waals surface area contributed by atoms with Crippen molar-refractivity contribution in [2.75, 3.05) is 42.6 Å². The molecule has 34 heavy (non-hydrogen) atoms. The molecular weight excluding hydrogens is 453 g/mol. The molecule has 184 valence electrons. The molecule has 0 spiro atoms. The summed E-state index contributed by atoms with van der Waals surface area (Å²) in [7, 11) is 0. The molecule has 4 heterocycles. The number of oxazole rings is 1. The van der Waals surface area contributed by atoms with E-state index in [-0.39, 0.29) is 24.3 Å². The number of nitrogens with zero attached hydrogens (tertiary/aromatic N) is 4. The fraction of sp³-hybridized carbons (Fsp3) is 0.565. The topological polar surface area (TPSA) is 88.8 Å². The molecule has 2 aromatic rings. The summed E-state index contributed by atoms with van der Waals surface area (Å²) < 4.78 is 50.8. The van der Waals surface area contributed by atoms with Gasteiger partial charge in [0, 0.05) is 38.8 Å². The minimum absolute atomic E-state index is 0.122. The van der Waals surface area contributed by atoms with Gasteiger partial charge in [-0.3, -0.25) is 9.59 Å². The summed E-state index contributed by atoms with van der Waals surface area (Å²) in [5.74, 6) is -1.18. The van der Waals surface area contributed by atoms with Gasteiger partial charge in [0.1, 0.15) is 5.82 Å². The molecule has 4 rings (SSSR count). The van der Waals surface area contributed by atoms with Crippen molar-refractivity contribution in [2.45, 2.75) is 45.2 Å². The van der Waals surface area contributed by atoms with Crippen LogP contribution in [0.3, 0.4) is 0 Å². The molecule has 2 aliphatic heterocycles. The molecule has 0 atom stereocenters. The molecule has 0 unspecified atom stereocenters. The summed E-state index contributed by atoms with van der Waals surface area (Å²) in [6.45, 7) is 4.52. The van der Waals surface area contributed by atoms with Gasteiger partial charge in [0.2, 0.25) is 11.5 Å². The Morgan fingerprint density at radius 2 is 1.82 bits per heavy atom. The highest BCUT2D eigenvalue weighted by molar-refractivity contribution is 5.96. The third-order valence-corrected chi connectivity index (χ3v) is 6.13. The number of hydrogen-bond donors (Lipinski definition) is 0. The third-order valence-electron chi connectivity index (χ3n) is 6.13. The van der Waals surface area contributed by atoms with Crippen LogP contribution in [0.25, 0.3) is 0 Å². The van der Waals surface area contributed by atoms with Crippen molar-refractivity contribution in [3.8, 4) is 0 Å². The average Bonchev–Trinajstić information content (AvgIpc) is 3.50. The Labute approximate surface area is 195 Å². The van der Waals surface area contributed by atoms with Crippen molar-refractivity contribution < 1.29 is 31.9 Å². The van der Waals surface area contributed by atoms with Gasteiger partial charge in [-0.15, -0.1) is 0 Å². The van der Waals surface area contributed by atoms with E-state index in [4.69, 9.17) is 9.15 Å². The number of carbonyl (C=O) groups excluding carboxylic acids is 2. The molecule has 0 bridgehead atoms. The SMILES string of the molecule is CCOC(=O)C1CCN(c2ccc(CC(=O)c3oc(N4CCCC4)nc3C(F)(F)F)cn2)CC1. The van der Waals surface area contributed by atoms with Gasteiger partial charge in [-0.2, -0.15) is 18.2 Å². The van der Waals surface area contributed by atoms with Crippen molar-refractivity contribution in [3.05, 3.63) is 35.3 Å². The molecule has 2 aromatic heterocycles. The van der Waals surface area contributed by atoms with Gasteiger partial charge in [0.25, 0.3) is 6.01 Å². The Hall–Kier alpha value is -3.11. The van der Waals surface area contributed by atoms with Crippen LogP contribution in [0.5, 0.6) is 0 Å². The van der Waals surface area contributed by atoms with Crippen LogP contribution in [0.2, 0.25) is 0 Å². The lowest BCUT2D eigenvalue weighted by Gasteiger charge is -2.31. The second kappa shape index (κ2) is 10.0. The van der Waals surface area contributed by atoms with Crippen LogP contribution in [0.4, 0.5) is 25.0 Å². The molecule has 0 saturated carbocycles. The molecule has 0 aliphatic carbocycles. The molecule has 0 N–H and O–H groups in total. The Bertz CT molecular complexity index is 1010. The van der Waals surface area contributed by atoms with Crippen LogP contribution in [0, 0.1) is 5.92 Å². The molecule has 2 saturated heterocycles. The zero-order chi connectivity index (χ0) is 24.3. The molecule has 0 aromatic carbocycles. The molecule has 0 amide bonds. The molecule has 2 aliphatic rings. The zero-order valence-electron chi connectivity index (χ0n) is 18.9. The van der Waals surface area contributed by atoms with Crippen molar-refractivity contribution in [1.82, 2.24) is 9.97 Å². The number of esters is 1. The number of hydrogen-bond acceptors (Lipinski definition) is 8. The number of ether oxygens (including phenoxy) is 1. The lowest BCUT2D eigenvalue weighted by molar-refractivity contribution is -0.148. The maximum Gasteiger partial charge on any atom is 0.437 e. The van der Waals surface area contributed by atoms with Gasteiger partial charge in [0.05, 0.1) is 12.5 Å². The maximum absolute atomic E-state index is 13.5. The Balaban J connectivity index is 1.41. The van der Waals surface area contributed by atoms with Gasteiger partial charge >= 0.3 is 12.1 Å². The van der Waals surface area contributed by atoms with E-state index in [1.165, 1.54) is 6.20 Å². The second-order valence-corrected chi connectivity index (χ2v) is 8.50. The fourth-order valence-electron chi connectivity index (χ4n) is 4.31. The van der Waals surface area contributed by atoms with Gasteiger partial charge in [-0.1, -0.05) is 6.07 Å². The molecule has 11 heteroatoms. The first-order valence-electron chi connectivity index (χ1n) is 11.5. The largest absolute Gasteiger partial charge is 0.466 e. The number of rotatable bonds is 7. The quantitative estimate of drug-likeness (QED) is 0.436. The zero-order valence-corrected chi connectivity index (χ0v) is 18.9. The number of aromatic nitrogens is 2. The predicted octanol–water partition coefficient (Wildman–Crippen LogP) is 3.89. The number of carbonyl (C=O) groups is 2. The van der Waals surface area contributed by atoms with E-state index < -0.39 is 23.4 Å². The fourth-order valence-corrected chi connectivity index (χ4v) is 4.31. The number of pyridine rings is 1. The first kappa shape index (κ1) is 24.0. The van der Waals surface area contributed by atoms with E-state index in [1.54, 1.807) is 24.0 Å². The number of piperidine rings is 1. The predicted molar refractivity (Wildman–Crippen MR) is 117 cm³/mol. The van der Waals surface area contributed by atoms with Gasteiger partial charge in [-0.05, 0) is 44.2 Å². The van der Waals surface area contributed by atoms with Crippen LogP contribution >= 0.6 is 0 Å². The van der Waals surface area contributed by atoms with Crippen molar-refractivity contribution >= 4 is 23.6 Å². The van der Waals surface area contributed by atoms with E-state index in [9.17, 15) is 22.8 Å². The highest BCUT2D eigenvalue weighted by atomic mass is 19.4. The number of alkyl halides is 3. The first-order valence-corrected chi connectivity index (χ1v) is 11.5. The number of ketones is 1. The Morgan fingerprint density at radius 3 is 2.41 bits per heavy atom. The van der Waals surface area contributed by atoms with E-state index in [1.807, 2.05) is 4.90 Å².